The van der Waals surface area contributed by atoms with Crippen LogP contribution < -0.4 is 5.32 Å². The van der Waals surface area contributed by atoms with Gasteiger partial charge >= 0.3 is 0 Å². The van der Waals surface area contributed by atoms with Gasteiger partial charge in [-0.2, -0.15) is 0 Å². The van der Waals surface area contributed by atoms with Gasteiger partial charge in [0, 0.05) is 30.9 Å². The van der Waals surface area contributed by atoms with Crippen molar-refractivity contribution in [2.75, 3.05) is 38.1 Å². The maximum absolute atomic E-state index is 5.80. The zero-order chi connectivity index (χ0) is 13.1. The van der Waals surface area contributed by atoms with Gasteiger partial charge in [-0.15, -0.1) is 0 Å². The summed E-state index contributed by atoms with van der Waals surface area (Å²) in [5, 5.41) is 3.46. The van der Waals surface area contributed by atoms with Crippen LogP contribution in [0.4, 0.5) is 5.82 Å². The van der Waals surface area contributed by atoms with Crippen LogP contribution in [0.1, 0.15) is 24.6 Å². The maximum Gasteiger partial charge on any atom is 0.132 e. The summed E-state index contributed by atoms with van der Waals surface area (Å²) in [7, 11) is 0. The van der Waals surface area contributed by atoms with Crippen molar-refractivity contribution in [1.29, 1.82) is 0 Å². The van der Waals surface area contributed by atoms with Crippen molar-refractivity contribution >= 4 is 5.82 Å². The van der Waals surface area contributed by atoms with Crippen molar-refractivity contribution < 1.29 is 4.74 Å². The van der Waals surface area contributed by atoms with E-state index in [2.05, 4.69) is 27.1 Å². The highest BCUT2D eigenvalue weighted by Crippen LogP contribution is 2.25. The van der Waals surface area contributed by atoms with Gasteiger partial charge in [-0.1, -0.05) is 6.92 Å². The minimum absolute atomic E-state index is 0.265. The molecule has 1 aliphatic carbocycles. The van der Waals surface area contributed by atoms with Gasteiger partial charge in [0.1, 0.15) is 12.1 Å². The van der Waals surface area contributed by atoms with E-state index in [-0.39, 0.29) is 6.10 Å². The predicted octanol–water partition coefficient (Wildman–Crippen LogP) is 1.10. The monoisotopic (exact) mass is 262 g/mol. The Morgan fingerprint density at radius 2 is 2.37 bits per heavy atom. The maximum atomic E-state index is 5.80. The first-order chi connectivity index (χ1) is 9.36. The Bertz CT molecular complexity index is 437. The van der Waals surface area contributed by atoms with E-state index < -0.39 is 0 Å². The molecule has 104 valence electrons. The Labute approximate surface area is 114 Å². The standard InChI is InChI=1S/C14H22N4O/c1-2-18-6-7-19-11(9-18)8-15-14-12-4-3-5-13(12)16-10-17-14/h10-11H,2-9H2,1H3,(H,15,16,17)/t11-/m1/s1. The normalized spacial score (nSPS) is 23.3. The van der Waals surface area contributed by atoms with E-state index in [1.165, 1.54) is 17.7 Å². The van der Waals surface area contributed by atoms with Crippen LogP contribution in [0.3, 0.4) is 0 Å². The minimum atomic E-state index is 0.265. The Balaban J connectivity index is 1.59. The second-order valence-electron chi connectivity index (χ2n) is 5.27. The molecule has 0 spiro atoms. The quantitative estimate of drug-likeness (QED) is 0.880. The Morgan fingerprint density at radius 3 is 3.26 bits per heavy atom. The van der Waals surface area contributed by atoms with E-state index in [4.69, 9.17) is 4.74 Å². The molecule has 0 unspecified atom stereocenters. The summed E-state index contributed by atoms with van der Waals surface area (Å²) < 4.78 is 5.80. The van der Waals surface area contributed by atoms with Gasteiger partial charge in [-0.3, -0.25) is 4.90 Å². The molecule has 1 aliphatic heterocycles. The van der Waals surface area contributed by atoms with Crippen LogP contribution in [-0.2, 0) is 17.6 Å². The molecule has 5 heteroatoms. The first-order valence-electron chi connectivity index (χ1n) is 7.27. The molecular weight excluding hydrogens is 240 g/mol. The number of nitrogens with one attached hydrogen (secondary N) is 1. The molecular formula is C14H22N4O. The fourth-order valence-electron chi connectivity index (χ4n) is 2.91. The minimum Gasteiger partial charge on any atom is -0.374 e. The molecule has 1 fully saturated rings. The van der Waals surface area contributed by atoms with Crippen LogP contribution >= 0.6 is 0 Å². The van der Waals surface area contributed by atoms with E-state index in [9.17, 15) is 0 Å². The number of hydrogen-bond acceptors (Lipinski definition) is 5. The second kappa shape index (κ2) is 5.84. The average molecular weight is 262 g/mol. The van der Waals surface area contributed by atoms with Gasteiger partial charge in [0.25, 0.3) is 0 Å². The van der Waals surface area contributed by atoms with Crippen LogP contribution in [-0.4, -0.2) is 53.8 Å². The first-order valence-corrected chi connectivity index (χ1v) is 7.27. The molecule has 1 saturated heterocycles. The molecule has 2 heterocycles. The van der Waals surface area contributed by atoms with Gasteiger partial charge < -0.3 is 10.1 Å². The molecule has 1 N–H and O–H groups in total. The third-order valence-electron chi connectivity index (χ3n) is 4.04. The number of fused-ring (bicyclic) bond motifs is 1. The largest absolute Gasteiger partial charge is 0.374 e. The van der Waals surface area contributed by atoms with Gasteiger partial charge in [-0.05, 0) is 25.8 Å². The molecule has 0 bridgehead atoms. The number of likely N-dealkylation sites (N-methyl/N-ethyl adjacent to an activating group) is 1. The SMILES string of the molecule is CCN1CCO[C@H](CNc2ncnc3c2CCC3)C1. The predicted molar refractivity (Wildman–Crippen MR) is 74.4 cm³/mol. The summed E-state index contributed by atoms with van der Waals surface area (Å²) in [5.74, 6) is 1.01. The molecule has 1 atom stereocenters. The lowest BCUT2D eigenvalue weighted by molar-refractivity contribution is -0.0192. The van der Waals surface area contributed by atoms with E-state index in [1.54, 1.807) is 6.33 Å². The lowest BCUT2D eigenvalue weighted by atomic mass is 10.2. The van der Waals surface area contributed by atoms with Crippen molar-refractivity contribution in [2.45, 2.75) is 32.3 Å². The molecule has 1 aromatic rings. The van der Waals surface area contributed by atoms with Gasteiger partial charge in [0.05, 0.1) is 12.7 Å². The van der Waals surface area contributed by atoms with Crippen molar-refractivity contribution in [3.63, 3.8) is 0 Å². The summed E-state index contributed by atoms with van der Waals surface area (Å²) >= 11 is 0. The summed E-state index contributed by atoms with van der Waals surface area (Å²) in [6.45, 7) is 7.03. The van der Waals surface area contributed by atoms with Crippen LogP contribution in [0.25, 0.3) is 0 Å². The van der Waals surface area contributed by atoms with Crippen LogP contribution in [0.5, 0.6) is 0 Å². The lowest BCUT2D eigenvalue weighted by Gasteiger charge is -2.32. The molecule has 19 heavy (non-hydrogen) atoms. The number of aromatic nitrogens is 2. The van der Waals surface area contributed by atoms with Gasteiger partial charge in [-0.25, -0.2) is 9.97 Å². The average Bonchev–Trinajstić information content (AvgIpc) is 2.94. The topological polar surface area (TPSA) is 50.3 Å². The van der Waals surface area contributed by atoms with Crippen molar-refractivity contribution in [3.8, 4) is 0 Å². The van der Waals surface area contributed by atoms with Crippen molar-refractivity contribution in [2.24, 2.45) is 0 Å². The highest BCUT2D eigenvalue weighted by atomic mass is 16.5. The number of aryl methyl sites for hydroxylation is 1. The number of rotatable bonds is 4. The zero-order valence-electron chi connectivity index (χ0n) is 11.6. The number of morpholine rings is 1. The molecule has 0 aromatic carbocycles. The number of anilines is 1. The van der Waals surface area contributed by atoms with Gasteiger partial charge in [0.2, 0.25) is 0 Å². The molecule has 3 rings (SSSR count). The third kappa shape index (κ3) is 2.87. The van der Waals surface area contributed by atoms with Crippen molar-refractivity contribution in [3.05, 3.63) is 17.6 Å². The van der Waals surface area contributed by atoms with E-state index in [0.717, 1.165) is 51.4 Å². The number of ether oxygens (including phenoxy) is 1. The van der Waals surface area contributed by atoms with Crippen LogP contribution in [0.15, 0.2) is 6.33 Å². The molecule has 1 aromatic heterocycles. The Kier molecular flexibility index (Phi) is 3.94. The van der Waals surface area contributed by atoms with Crippen molar-refractivity contribution in [1.82, 2.24) is 14.9 Å². The van der Waals surface area contributed by atoms with E-state index >= 15 is 0 Å². The first kappa shape index (κ1) is 12.8. The molecule has 0 amide bonds. The summed E-state index contributed by atoms with van der Waals surface area (Å²) in [6.07, 6.45) is 5.33. The molecule has 0 saturated carbocycles. The summed E-state index contributed by atoms with van der Waals surface area (Å²) in [5.41, 5.74) is 2.53. The zero-order valence-corrected chi connectivity index (χ0v) is 11.6. The highest BCUT2D eigenvalue weighted by Gasteiger charge is 2.21. The Morgan fingerprint density at radius 1 is 1.42 bits per heavy atom. The van der Waals surface area contributed by atoms with Crippen LogP contribution in [0.2, 0.25) is 0 Å². The fraction of sp³-hybridized carbons (Fsp3) is 0.714. The Hall–Kier alpha value is -1.20. The van der Waals surface area contributed by atoms with Gasteiger partial charge in [0.15, 0.2) is 0 Å². The van der Waals surface area contributed by atoms with E-state index in [1.807, 2.05) is 0 Å². The second-order valence-corrected chi connectivity index (χ2v) is 5.27. The number of nitrogens with zero attached hydrogens (tertiary/aromatic N) is 3. The summed E-state index contributed by atoms with van der Waals surface area (Å²) in [6, 6.07) is 0. The third-order valence-corrected chi connectivity index (χ3v) is 4.04. The summed E-state index contributed by atoms with van der Waals surface area (Å²) in [4.78, 5) is 11.2. The number of hydrogen-bond donors (Lipinski definition) is 1. The smallest absolute Gasteiger partial charge is 0.132 e. The fourth-order valence-corrected chi connectivity index (χ4v) is 2.91. The molecule has 2 aliphatic rings. The van der Waals surface area contributed by atoms with E-state index in [0.29, 0.717) is 0 Å². The highest BCUT2D eigenvalue weighted by molar-refractivity contribution is 5.47. The lowest BCUT2D eigenvalue weighted by Crippen LogP contribution is -2.45. The molecule has 5 nitrogen and oxygen atoms in total. The van der Waals surface area contributed by atoms with Crippen LogP contribution in [0, 0.1) is 0 Å². The molecule has 0 radical (unpaired) electrons.